The normalized spacial score (nSPS) is 16.3. The lowest BCUT2D eigenvalue weighted by atomic mass is 10.1. The van der Waals surface area contributed by atoms with Crippen LogP contribution in [0.4, 0.5) is 4.79 Å². The molecule has 0 unspecified atom stereocenters. The van der Waals surface area contributed by atoms with Gasteiger partial charge < -0.3 is 20.7 Å². The molecule has 1 aliphatic carbocycles. The lowest BCUT2D eigenvalue weighted by Crippen LogP contribution is -2.46. The van der Waals surface area contributed by atoms with Crippen molar-refractivity contribution >= 4 is 18.3 Å². The largest absolute Gasteiger partial charge is 0.497 e. The second-order valence-corrected chi connectivity index (χ2v) is 7.88. The maximum atomic E-state index is 12.9. The van der Waals surface area contributed by atoms with Crippen LogP contribution in [0.5, 0.6) is 5.75 Å². The number of nitrogens with two attached hydrogens (primary N) is 1. The standard InChI is InChI=1S/C23H23N5O4/c1-32-19-5-3-16-12-28(21(30)20(16)9-19)13-18(27-22(31)26-14-29)4-2-15-8-17(11-25-10-15)23(24)6-7-23/h3,5,8-11,14,18H,6-7,12-13,24H2,1H3,(H2,26,27,29,31)/t18-/m1/s1. The van der Waals surface area contributed by atoms with Gasteiger partial charge in [-0.2, -0.15) is 0 Å². The number of ether oxygens (including phenoxy) is 1. The van der Waals surface area contributed by atoms with Crippen LogP contribution in [0, 0.1) is 11.8 Å². The topological polar surface area (TPSA) is 127 Å². The molecule has 1 aliphatic heterocycles. The maximum Gasteiger partial charge on any atom is 0.322 e. The average Bonchev–Trinajstić information content (AvgIpc) is 3.48. The van der Waals surface area contributed by atoms with Crippen molar-refractivity contribution in [2.24, 2.45) is 5.73 Å². The Morgan fingerprint density at radius 3 is 2.91 bits per heavy atom. The SMILES string of the molecule is COc1ccc2c(c1)C(=O)N(C[C@@H](C#Cc1cncc(C3(N)CC3)c1)NC(=O)NC=O)C2. The second-order valence-electron chi connectivity index (χ2n) is 7.88. The number of urea groups is 1. The highest BCUT2D eigenvalue weighted by atomic mass is 16.5. The number of aromatic nitrogens is 1. The minimum atomic E-state index is -0.716. The van der Waals surface area contributed by atoms with Crippen molar-refractivity contribution in [2.45, 2.75) is 31.0 Å². The van der Waals surface area contributed by atoms with E-state index in [-0.39, 0.29) is 24.4 Å². The number of rotatable bonds is 6. The molecule has 4 amide bonds. The van der Waals surface area contributed by atoms with Gasteiger partial charge in [0.05, 0.1) is 13.7 Å². The van der Waals surface area contributed by atoms with Crippen LogP contribution >= 0.6 is 0 Å². The lowest BCUT2D eigenvalue weighted by molar-refractivity contribution is -0.108. The first-order valence-electron chi connectivity index (χ1n) is 10.1. The summed E-state index contributed by atoms with van der Waals surface area (Å²) in [4.78, 5) is 41.2. The summed E-state index contributed by atoms with van der Waals surface area (Å²) in [6.45, 7) is 0.531. The van der Waals surface area contributed by atoms with E-state index in [9.17, 15) is 14.4 Å². The molecule has 0 spiro atoms. The summed E-state index contributed by atoms with van der Waals surface area (Å²) in [6, 6.07) is 5.81. The van der Waals surface area contributed by atoms with E-state index in [1.165, 1.54) is 0 Å². The lowest BCUT2D eigenvalue weighted by Gasteiger charge is -2.21. The molecule has 0 radical (unpaired) electrons. The van der Waals surface area contributed by atoms with Crippen molar-refractivity contribution in [2.75, 3.05) is 13.7 Å². The molecule has 1 atom stereocenters. The molecule has 1 fully saturated rings. The monoisotopic (exact) mass is 433 g/mol. The van der Waals surface area contributed by atoms with Gasteiger partial charge >= 0.3 is 6.03 Å². The van der Waals surface area contributed by atoms with Gasteiger partial charge in [0, 0.05) is 35.6 Å². The van der Waals surface area contributed by atoms with E-state index in [4.69, 9.17) is 10.5 Å². The van der Waals surface area contributed by atoms with Gasteiger partial charge in [-0.3, -0.25) is 19.9 Å². The first-order valence-corrected chi connectivity index (χ1v) is 10.1. The van der Waals surface area contributed by atoms with Gasteiger partial charge in [-0.25, -0.2) is 4.79 Å². The van der Waals surface area contributed by atoms with Crippen LogP contribution in [0.15, 0.2) is 36.7 Å². The maximum absolute atomic E-state index is 12.9. The van der Waals surface area contributed by atoms with Crippen LogP contribution in [0.1, 0.15) is 39.9 Å². The Balaban J connectivity index is 1.53. The predicted molar refractivity (Wildman–Crippen MR) is 115 cm³/mol. The number of methoxy groups -OCH3 is 1. The van der Waals surface area contributed by atoms with Crippen molar-refractivity contribution < 1.29 is 19.1 Å². The van der Waals surface area contributed by atoms with Crippen molar-refractivity contribution in [3.8, 4) is 17.6 Å². The molecule has 9 heteroatoms. The average molecular weight is 433 g/mol. The number of nitrogens with one attached hydrogen (secondary N) is 2. The molecule has 2 aromatic rings. The molecular formula is C23H23N5O4. The summed E-state index contributed by atoms with van der Waals surface area (Å²) in [5.41, 5.74) is 8.91. The quantitative estimate of drug-likeness (QED) is 0.458. The molecule has 1 aromatic carbocycles. The van der Waals surface area contributed by atoms with Crippen LogP contribution in [0.25, 0.3) is 0 Å². The fourth-order valence-corrected chi connectivity index (χ4v) is 3.59. The van der Waals surface area contributed by atoms with Crippen LogP contribution in [-0.4, -0.2) is 47.9 Å². The number of imide groups is 1. The molecule has 4 rings (SSSR count). The highest BCUT2D eigenvalue weighted by molar-refractivity contribution is 5.98. The Hall–Kier alpha value is -3.90. The van der Waals surface area contributed by atoms with Gasteiger partial charge in [-0.15, -0.1) is 0 Å². The third-order valence-electron chi connectivity index (χ3n) is 5.59. The molecule has 0 saturated heterocycles. The Labute approximate surface area is 185 Å². The van der Waals surface area contributed by atoms with Crippen molar-refractivity contribution in [3.05, 3.63) is 58.9 Å². The number of hydrogen-bond donors (Lipinski definition) is 3. The van der Waals surface area contributed by atoms with Crippen LogP contribution < -0.4 is 21.1 Å². The molecule has 2 heterocycles. The number of nitrogens with zero attached hydrogens (tertiary/aromatic N) is 2. The Kier molecular flexibility index (Phi) is 5.79. The minimum absolute atomic E-state index is 0.142. The predicted octanol–water partition coefficient (Wildman–Crippen LogP) is 0.870. The second kappa shape index (κ2) is 8.69. The smallest absolute Gasteiger partial charge is 0.322 e. The van der Waals surface area contributed by atoms with E-state index in [1.807, 2.05) is 17.4 Å². The summed E-state index contributed by atoms with van der Waals surface area (Å²) in [5, 5.41) is 4.66. The summed E-state index contributed by atoms with van der Waals surface area (Å²) >= 11 is 0. The zero-order valence-corrected chi connectivity index (χ0v) is 17.6. The van der Waals surface area contributed by atoms with Crippen molar-refractivity contribution in [1.29, 1.82) is 0 Å². The Bertz CT molecular complexity index is 1130. The summed E-state index contributed by atoms with van der Waals surface area (Å²) in [6.07, 6.45) is 5.45. The molecule has 0 bridgehead atoms. The van der Waals surface area contributed by atoms with Gasteiger partial charge in [-0.1, -0.05) is 17.9 Å². The molecule has 1 saturated carbocycles. The third-order valence-corrected chi connectivity index (χ3v) is 5.59. The number of amides is 4. The number of hydrogen-bond acceptors (Lipinski definition) is 6. The number of fused-ring (bicyclic) bond motifs is 1. The van der Waals surface area contributed by atoms with Gasteiger partial charge in [0.25, 0.3) is 5.91 Å². The van der Waals surface area contributed by atoms with E-state index >= 15 is 0 Å². The highest BCUT2D eigenvalue weighted by Gasteiger charge is 2.40. The van der Waals surface area contributed by atoms with Gasteiger partial charge in [0.15, 0.2) is 0 Å². The zero-order valence-electron chi connectivity index (χ0n) is 17.6. The Morgan fingerprint density at radius 2 is 2.19 bits per heavy atom. The highest BCUT2D eigenvalue weighted by Crippen LogP contribution is 2.42. The van der Waals surface area contributed by atoms with E-state index in [1.54, 1.807) is 36.5 Å². The van der Waals surface area contributed by atoms with Gasteiger partial charge in [-0.05, 0) is 42.2 Å². The minimum Gasteiger partial charge on any atom is -0.497 e. The molecule has 2 aliphatic rings. The fourth-order valence-electron chi connectivity index (χ4n) is 3.59. The first kappa shape index (κ1) is 21.3. The molecule has 32 heavy (non-hydrogen) atoms. The Morgan fingerprint density at radius 1 is 1.38 bits per heavy atom. The van der Waals surface area contributed by atoms with Crippen LogP contribution in [-0.2, 0) is 16.9 Å². The van der Waals surface area contributed by atoms with Crippen molar-refractivity contribution in [3.63, 3.8) is 0 Å². The van der Waals surface area contributed by atoms with E-state index in [0.717, 1.165) is 24.0 Å². The number of benzene rings is 1. The number of carbonyl (C=O) groups is 3. The van der Waals surface area contributed by atoms with Crippen LogP contribution in [0.3, 0.4) is 0 Å². The number of carbonyl (C=O) groups excluding carboxylic acids is 3. The molecule has 4 N–H and O–H groups in total. The summed E-state index contributed by atoms with van der Waals surface area (Å²) in [7, 11) is 1.54. The summed E-state index contributed by atoms with van der Waals surface area (Å²) < 4.78 is 5.20. The first-order chi connectivity index (χ1) is 15.4. The summed E-state index contributed by atoms with van der Waals surface area (Å²) in [5.74, 6) is 6.41. The van der Waals surface area contributed by atoms with E-state index < -0.39 is 12.1 Å². The number of pyridine rings is 1. The zero-order chi connectivity index (χ0) is 22.7. The fraction of sp³-hybridized carbons (Fsp3) is 0.304. The van der Waals surface area contributed by atoms with E-state index in [2.05, 4.69) is 22.1 Å². The van der Waals surface area contributed by atoms with Crippen molar-refractivity contribution in [1.82, 2.24) is 20.5 Å². The molecule has 9 nitrogen and oxygen atoms in total. The molecule has 1 aromatic heterocycles. The van der Waals surface area contributed by atoms with E-state index in [0.29, 0.717) is 23.4 Å². The third kappa shape index (κ3) is 4.55. The molecular weight excluding hydrogens is 410 g/mol. The van der Waals surface area contributed by atoms with Gasteiger partial charge in [0.2, 0.25) is 6.41 Å². The van der Waals surface area contributed by atoms with Crippen LogP contribution in [0.2, 0.25) is 0 Å². The molecule has 164 valence electrons. The van der Waals surface area contributed by atoms with Gasteiger partial charge in [0.1, 0.15) is 11.8 Å².